The molecular weight excluding hydrogens is 216 g/mol. The number of hydrogen-bond acceptors (Lipinski definition) is 3. The first-order valence-electron chi connectivity index (χ1n) is 6.85. The Hall–Kier alpha value is -0.610. The number of aliphatic carboxylic acids is 1. The van der Waals surface area contributed by atoms with E-state index in [0.717, 1.165) is 25.8 Å². The minimum atomic E-state index is -0.676. The Morgan fingerprint density at radius 2 is 2.18 bits per heavy atom. The van der Waals surface area contributed by atoms with Crippen LogP contribution < -0.4 is 5.32 Å². The van der Waals surface area contributed by atoms with Gasteiger partial charge in [-0.3, -0.25) is 4.79 Å². The summed E-state index contributed by atoms with van der Waals surface area (Å²) < 4.78 is 0. The van der Waals surface area contributed by atoms with E-state index in [1.165, 1.54) is 25.8 Å². The van der Waals surface area contributed by atoms with Crippen molar-refractivity contribution >= 4 is 5.97 Å². The highest BCUT2D eigenvalue weighted by Gasteiger charge is 2.35. The van der Waals surface area contributed by atoms with E-state index in [9.17, 15) is 4.79 Å². The Morgan fingerprint density at radius 1 is 1.41 bits per heavy atom. The number of carboxylic acid groups (broad SMARTS) is 1. The molecule has 0 aromatic rings. The number of nitrogens with zero attached hydrogens (tertiary/aromatic N) is 1. The molecule has 0 spiro atoms. The van der Waals surface area contributed by atoms with Crippen molar-refractivity contribution in [3.63, 3.8) is 0 Å². The summed E-state index contributed by atoms with van der Waals surface area (Å²) in [4.78, 5) is 13.5. The monoisotopic (exact) mass is 240 g/mol. The molecule has 4 heteroatoms. The van der Waals surface area contributed by atoms with Gasteiger partial charge in [0.1, 0.15) is 6.04 Å². The average molecular weight is 240 g/mol. The van der Waals surface area contributed by atoms with E-state index in [1.54, 1.807) is 0 Å². The number of nitrogens with one attached hydrogen (secondary N) is 1. The van der Waals surface area contributed by atoms with Gasteiger partial charge in [0.15, 0.2) is 0 Å². The molecule has 0 bridgehead atoms. The summed E-state index contributed by atoms with van der Waals surface area (Å²) in [6.45, 7) is 2.03. The van der Waals surface area contributed by atoms with E-state index < -0.39 is 5.97 Å². The van der Waals surface area contributed by atoms with Crippen molar-refractivity contribution in [1.29, 1.82) is 0 Å². The number of hydrogen-bond donors (Lipinski definition) is 2. The van der Waals surface area contributed by atoms with E-state index in [1.807, 2.05) is 0 Å². The standard InChI is InChI=1S/C13H24N2O2/c1-15-9-3-2-4-11(15)7-8-14-12(13(16)17)10-5-6-10/h10-12,14H,2-9H2,1H3,(H,16,17). The molecule has 17 heavy (non-hydrogen) atoms. The lowest BCUT2D eigenvalue weighted by Gasteiger charge is -2.32. The molecule has 2 fully saturated rings. The molecule has 2 atom stereocenters. The molecule has 1 heterocycles. The van der Waals surface area contributed by atoms with Crippen molar-refractivity contribution in [1.82, 2.24) is 10.2 Å². The van der Waals surface area contributed by atoms with Gasteiger partial charge in [-0.05, 0) is 58.2 Å². The highest BCUT2D eigenvalue weighted by molar-refractivity contribution is 5.74. The van der Waals surface area contributed by atoms with Crippen molar-refractivity contribution < 1.29 is 9.90 Å². The van der Waals surface area contributed by atoms with Gasteiger partial charge in [-0.15, -0.1) is 0 Å². The summed E-state index contributed by atoms with van der Waals surface area (Å²) in [6.07, 6.45) is 7.12. The molecule has 98 valence electrons. The van der Waals surface area contributed by atoms with Crippen LogP contribution in [0.1, 0.15) is 38.5 Å². The average Bonchev–Trinajstić information content (AvgIpc) is 3.10. The van der Waals surface area contributed by atoms with Crippen molar-refractivity contribution in [3.05, 3.63) is 0 Å². The lowest BCUT2D eigenvalue weighted by atomic mass is 10.00. The highest BCUT2D eigenvalue weighted by Crippen LogP contribution is 2.32. The molecule has 2 aliphatic rings. The zero-order valence-electron chi connectivity index (χ0n) is 10.7. The van der Waals surface area contributed by atoms with Crippen LogP contribution in [-0.2, 0) is 4.79 Å². The molecule has 0 aromatic heterocycles. The van der Waals surface area contributed by atoms with E-state index in [0.29, 0.717) is 12.0 Å². The minimum absolute atomic E-state index is 0.302. The Balaban J connectivity index is 1.68. The third-order valence-corrected chi connectivity index (χ3v) is 4.12. The maximum absolute atomic E-state index is 11.1. The third-order valence-electron chi connectivity index (χ3n) is 4.12. The Kier molecular flexibility index (Phi) is 4.40. The molecule has 0 aromatic carbocycles. The molecule has 1 saturated heterocycles. The van der Waals surface area contributed by atoms with Crippen LogP contribution in [0.5, 0.6) is 0 Å². The first-order chi connectivity index (χ1) is 8.18. The van der Waals surface area contributed by atoms with Gasteiger partial charge in [0, 0.05) is 6.04 Å². The van der Waals surface area contributed by atoms with Crippen LogP contribution in [0.2, 0.25) is 0 Å². The van der Waals surface area contributed by atoms with Crippen LogP contribution >= 0.6 is 0 Å². The van der Waals surface area contributed by atoms with Gasteiger partial charge in [-0.1, -0.05) is 6.42 Å². The van der Waals surface area contributed by atoms with Gasteiger partial charge >= 0.3 is 5.97 Å². The SMILES string of the molecule is CN1CCCCC1CCNC(C(=O)O)C1CC1. The summed E-state index contributed by atoms with van der Waals surface area (Å²) in [5.74, 6) is -0.291. The second-order valence-electron chi connectivity index (χ2n) is 5.53. The molecule has 1 aliphatic carbocycles. The summed E-state index contributed by atoms with van der Waals surface area (Å²) in [5, 5.41) is 12.3. The molecule has 0 amide bonds. The summed E-state index contributed by atoms with van der Waals surface area (Å²) in [5.41, 5.74) is 0. The van der Waals surface area contributed by atoms with Crippen LogP contribution in [-0.4, -0.2) is 48.2 Å². The van der Waals surface area contributed by atoms with Crippen molar-refractivity contribution in [3.8, 4) is 0 Å². The van der Waals surface area contributed by atoms with E-state index in [-0.39, 0.29) is 6.04 Å². The zero-order valence-corrected chi connectivity index (χ0v) is 10.7. The second kappa shape index (κ2) is 5.83. The third kappa shape index (κ3) is 3.68. The van der Waals surface area contributed by atoms with Gasteiger partial charge in [0.25, 0.3) is 0 Å². The van der Waals surface area contributed by atoms with Gasteiger partial charge in [0.2, 0.25) is 0 Å². The van der Waals surface area contributed by atoms with Crippen molar-refractivity contribution in [2.45, 2.75) is 50.6 Å². The minimum Gasteiger partial charge on any atom is -0.480 e. The normalized spacial score (nSPS) is 27.9. The fraction of sp³-hybridized carbons (Fsp3) is 0.923. The maximum Gasteiger partial charge on any atom is 0.320 e. The first kappa shape index (κ1) is 12.8. The number of carboxylic acids is 1. The smallest absolute Gasteiger partial charge is 0.320 e. The Bertz CT molecular complexity index is 266. The van der Waals surface area contributed by atoms with E-state index in [2.05, 4.69) is 17.3 Å². The van der Waals surface area contributed by atoms with Crippen LogP contribution in [0, 0.1) is 5.92 Å². The lowest BCUT2D eigenvalue weighted by molar-refractivity contribution is -0.140. The molecule has 2 rings (SSSR count). The second-order valence-corrected chi connectivity index (χ2v) is 5.53. The van der Waals surface area contributed by atoms with Crippen molar-refractivity contribution in [2.24, 2.45) is 5.92 Å². The molecule has 2 N–H and O–H groups in total. The van der Waals surface area contributed by atoms with Gasteiger partial charge in [-0.25, -0.2) is 0 Å². The predicted octanol–water partition coefficient (Wildman–Crippen LogP) is 1.31. The fourth-order valence-corrected chi connectivity index (χ4v) is 2.80. The van der Waals surface area contributed by atoms with Crippen LogP contribution in [0.25, 0.3) is 0 Å². The molecule has 0 radical (unpaired) electrons. The number of rotatable bonds is 6. The van der Waals surface area contributed by atoms with Crippen LogP contribution in [0.15, 0.2) is 0 Å². The summed E-state index contributed by atoms with van der Waals surface area (Å²) in [6, 6.07) is 0.341. The number of likely N-dealkylation sites (tertiary alicyclic amines) is 1. The van der Waals surface area contributed by atoms with Gasteiger partial charge < -0.3 is 15.3 Å². The number of piperidine rings is 1. The van der Waals surface area contributed by atoms with Gasteiger partial charge in [-0.2, -0.15) is 0 Å². The summed E-state index contributed by atoms with van der Waals surface area (Å²) in [7, 11) is 2.18. The van der Waals surface area contributed by atoms with Crippen LogP contribution in [0.3, 0.4) is 0 Å². The molecule has 1 saturated carbocycles. The molecule has 1 aliphatic heterocycles. The molecule has 2 unspecified atom stereocenters. The van der Waals surface area contributed by atoms with E-state index >= 15 is 0 Å². The Morgan fingerprint density at radius 3 is 2.76 bits per heavy atom. The lowest BCUT2D eigenvalue weighted by Crippen LogP contribution is -2.43. The first-order valence-corrected chi connectivity index (χ1v) is 6.85. The topological polar surface area (TPSA) is 52.6 Å². The van der Waals surface area contributed by atoms with Gasteiger partial charge in [0.05, 0.1) is 0 Å². The number of carbonyl (C=O) groups is 1. The fourth-order valence-electron chi connectivity index (χ4n) is 2.80. The van der Waals surface area contributed by atoms with Crippen LogP contribution in [0.4, 0.5) is 0 Å². The molecular formula is C13H24N2O2. The Labute approximate surface area is 103 Å². The highest BCUT2D eigenvalue weighted by atomic mass is 16.4. The molecule has 4 nitrogen and oxygen atoms in total. The summed E-state index contributed by atoms with van der Waals surface area (Å²) >= 11 is 0. The predicted molar refractivity (Wildman–Crippen MR) is 67.0 cm³/mol. The van der Waals surface area contributed by atoms with E-state index in [4.69, 9.17) is 5.11 Å². The quantitative estimate of drug-likeness (QED) is 0.735. The largest absolute Gasteiger partial charge is 0.480 e. The zero-order chi connectivity index (χ0) is 12.3. The van der Waals surface area contributed by atoms with Crippen molar-refractivity contribution in [2.75, 3.05) is 20.1 Å². The maximum atomic E-state index is 11.1.